The number of alkyl carbamates (subject to hydrolysis) is 1. The first-order chi connectivity index (χ1) is 25.5. The first-order valence-electron chi connectivity index (χ1n) is 18.5. The summed E-state index contributed by atoms with van der Waals surface area (Å²) < 4.78 is 75.1. The van der Waals surface area contributed by atoms with E-state index in [-0.39, 0.29) is 9.79 Å². The minimum atomic E-state index is -4.41. The summed E-state index contributed by atoms with van der Waals surface area (Å²) in [5.41, 5.74) is 4.01. The van der Waals surface area contributed by atoms with Crippen LogP contribution >= 0.6 is 0 Å². The standard InChI is InChI=1S/C41H49N3O8S2/c1-6-43-35-21-19-28(53(46,47)48)25-33(35)40(2,3)37(43)17-12-9-13-18-38-41(4,5)34-26-29(54(49,50)51)20-22-36(34)44(38)24-14-23-42-39(45)52-27-32-30-15-10-7-8-11-16-31(30)32/h9,12-13,17-22,25-26,30-32H,6,10-11,14-16,23-24,27H2,1-5H3,(H2-,42,45,46,47,48,49,50,51)/p+1/t30-,31?,32?/m0/s1. The van der Waals surface area contributed by atoms with Crippen molar-refractivity contribution in [3.05, 3.63) is 83.6 Å². The van der Waals surface area contributed by atoms with Crippen molar-refractivity contribution < 1.29 is 40.0 Å². The number of allylic oxidation sites excluding steroid dienone is 6. The number of nitrogens with zero attached hydrogens (tertiary/aromatic N) is 2. The maximum absolute atomic E-state index is 12.6. The highest BCUT2D eigenvalue weighted by Crippen LogP contribution is 2.52. The molecule has 0 aromatic heterocycles. The second kappa shape index (κ2) is 15.1. The largest absolute Gasteiger partial charge is 0.449 e. The molecule has 2 heterocycles. The number of amides is 1. The third-order valence-corrected chi connectivity index (χ3v) is 13.1. The van der Waals surface area contributed by atoms with Gasteiger partial charge < -0.3 is 15.0 Å². The van der Waals surface area contributed by atoms with Crippen molar-refractivity contribution in [3.8, 4) is 11.8 Å². The summed E-state index contributed by atoms with van der Waals surface area (Å²) >= 11 is 0. The van der Waals surface area contributed by atoms with E-state index >= 15 is 0 Å². The summed E-state index contributed by atoms with van der Waals surface area (Å²) in [5.74, 6) is 8.02. The predicted molar refractivity (Wildman–Crippen MR) is 208 cm³/mol. The zero-order valence-electron chi connectivity index (χ0n) is 31.5. The average Bonchev–Trinajstić information content (AvgIpc) is 3.61. The number of carbonyl (C=O) groups is 1. The molecule has 11 nitrogen and oxygen atoms in total. The molecular formula is C41H50N3O8S2+. The Labute approximate surface area is 319 Å². The molecule has 1 saturated carbocycles. The van der Waals surface area contributed by atoms with Crippen molar-refractivity contribution in [2.24, 2.45) is 17.8 Å². The minimum absolute atomic E-state index is 0.140. The van der Waals surface area contributed by atoms with E-state index in [4.69, 9.17) is 4.74 Å². The van der Waals surface area contributed by atoms with Crippen LogP contribution in [0.15, 0.2) is 82.3 Å². The third-order valence-electron chi connectivity index (χ3n) is 11.4. The second-order valence-corrected chi connectivity index (χ2v) is 18.3. The van der Waals surface area contributed by atoms with Crippen LogP contribution in [0.4, 0.5) is 16.2 Å². The van der Waals surface area contributed by atoms with Crippen molar-refractivity contribution in [2.45, 2.75) is 87.3 Å². The molecule has 288 valence electrons. The summed E-state index contributed by atoms with van der Waals surface area (Å²) in [6.07, 6.45) is 13.9. The van der Waals surface area contributed by atoms with Gasteiger partial charge in [-0.15, -0.1) is 11.8 Å². The second-order valence-electron chi connectivity index (χ2n) is 15.4. The number of benzene rings is 2. The van der Waals surface area contributed by atoms with Crippen molar-refractivity contribution in [1.82, 2.24) is 5.32 Å². The Hall–Kier alpha value is -4.22. The Morgan fingerprint density at radius 3 is 2.19 bits per heavy atom. The van der Waals surface area contributed by atoms with Crippen LogP contribution in [0.1, 0.15) is 77.8 Å². The van der Waals surface area contributed by atoms with E-state index in [1.165, 1.54) is 24.3 Å². The number of hydrogen-bond donors (Lipinski definition) is 3. The maximum Gasteiger partial charge on any atom is 0.407 e. The molecule has 2 aliphatic carbocycles. The molecule has 2 aromatic rings. The van der Waals surface area contributed by atoms with Gasteiger partial charge in [0.05, 0.1) is 21.8 Å². The molecule has 4 aliphatic rings. The predicted octanol–water partition coefficient (Wildman–Crippen LogP) is 6.93. The number of rotatable bonds is 12. The van der Waals surface area contributed by atoms with E-state index < -0.39 is 37.2 Å². The minimum Gasteiger partial charge on any atom is -0.449 e. The molecule has 0 radical (unpaired) electrons. The SMILES string of the molecule is CCN1\C(=C/C=C/C=C/C2=[N+](CCCNC(=O)OCC3C4CCC#CCC[C@@H]43)c3ccc(S(=O)(=O)O)cc3C2(C)C)C(C)(C)c2cc(S(=O)(=O)O)ccc21. The highest BCUT2D eigenvalue weighted by atomic mass is 32.2. The Bertz CT molecular complexity index is 2220. The maximum atomic E-state index is 12.6. The molecule has 2 aromatic carbocycles. The Balaban J connectivity index is 1.16. The summed E-state index contributed by atoms with van der Waals surface area (Å²) in [7, 11) is -8.76. The van der Waals surface area contributed by atoms with Gasteiger partial charge in [-0.05, 0) is 93.3 Å². The Morgan fingerprint density at radius 1 is 0.926 bits per heavy atom. The number of anilines is 1. The molecule has 0 bridgehead atoms. The van der Waals surface area contributed by atoms with E-state index in [0.29, 0.717) is 50.4 Å². The highest BCUT2D eigenvalue weighted by molar-refractivity contribution is 7.86. The molecular weight excluding hydrogens is 727 g/mol. The van der Waals surface area contributed by atoms with Crippen molar-refractivity contribution in [1.29, 1.82) is 0 Å². The number of hydrogen-bond acceptors (Lipinski definition) is 7. The highest BCUT2D eigenvalue weighted by Gasteiger charge is 2.49. The molecule has 0 saturated heterocycles. The van der Waals surface area contributed by atoms with Crippen LogP contribution in [-0.4, -0.2) is 68.6 Å². The topological polar surface area (TPSA) is 153 Å². The quantitative estimate of drug-likeness (QED) is 0.0685. The zero-order valence-corrected chi connectivity index (χ0v) is 33.1. The lowest BCUT2D eigenvalue weighted by molar-refractivity contribution is -0.437. The number of nitrogens with one attached hydrogen (secondary N) is 1. The van der Waals surface area contributed by atoms with E-state index in [1.807, 2.05) is 65.0 Å². The lowest BCUT2D eigenvalue weighted by atomic mass is 9.81. The number of likely N-dealkylation sites (N-methyl/N-ethyl adjacent to an activating group) is 1. The molecule has 3 N–H and O–H groups in total. The normalized spacial score (nSPS) is 23.4. The number of fused-ring (bicyclic) bond motifs is 3. The van der Waals surface area contributed by atoms with E-state index in [1.54, 1.807) is 12.1 Å². The lowest BCUT2D eigenvalue weighted by Crippen LogP contribution is -2.30. The van der Waals surface area contributed by atoms with Crippen LogP contribution in [0.5, 0.6) is 0 Å². The lowest BCUT2D eigenvalue weighted by Gasteiger charge is -2.25. The monoisotopic (exact) mass is 776 g/mol. The fourth-order valence-electron chi connectivity index (χ4n) is 8.50. The third kappa shape index (κ3) is 7.94. The molecule has 0 spiro atoms. The van der Waals surface area contributed by atoms with Gasteiger partial charge in [0.15, 0.2) is 12.3 Å². The van der Waals surface area contributed by atoms with E-state index in [9.17, 15) is 30.7 Å². The Kier molecular flexibility index (Phi) is 11.1. The average molecular weight is 777 g/mol. The van der Waals surface area contributed by atoms with Crippen LogP contribution in [0.25, 0.3) is 0 Å². The summed E-state index contributed by atoms with van der Waals surface area (Å²) in [5, 5.41) is 2.89. The summed E-state index contributed by atoms with van der Waals surface area (Å²) in [6, 6.07) is 9.30. The molecule has 2 unspecified atom stereocenters. The van der Waals surface area contributed by atoms with Crippen molar-refractivity contribution in [3.63, 3.8) is 0 Å². The molecule has 13 heteroatoms. The van der Waals surface area contributed by atoms with E-state index in [2.05, 4.69) is 26.6 Å². The van der Waals surface area contributed by atoms with Gasteiger partial charge in [-0.25, -0.2) is 4.79 Å². The zero-order chi connectivity index (χ0) is 39.1. The molecule has 2 aliphatic heterocycles. The van der Waals surface area contributed by atoms with Gasteiger partial charge in [-0.3, -0.25) is 9.11 Å². The summed E-state index contributed by atoms with van der Waals surface area (Å²) in [4.78, 5) is 14.4. The van der Waals surface area contributed by atoms with Crippen molar-refractivity contribution in [2.75, 3.05) is 31.1 Å². The van der Waals surface area contributed by atoms with Crippen molar-refractivity contribution >= 4 is 43.4 Å². The molecule has 1 fully saturated rings. The van der Waals surface area contributed by atoms with Crippen LogP contribution < -0.4 is 10.2 Å². The first kappa shape index (κ1) is 39.5. The first-order valence-corrected chi connectivity index (χ1v) is 21.4. The van der Waals surface area contributed by atoms with Gasteiger partial charge in [-0.2, -0.15) is 21.4 Å². The van der Waals surface area contributed by atoms with Gasteiger partial charge in [0.1, 0.15) is 0 Å². The molecule has 1 amide bonds. The van der Waals surface area contributed by atoms with Gasteiger partial charge in [0.25, 0.3) is 20.2 Å². The van der Waals surface area contributed by atoms with Crippen LogP contribution in [0.3, 0.4) is 0 Å². The molecule has 54 heavy (non-hydrogen) atoms. The van der Waals surface area contributed by atoms with Gasteiger partial charge >= 0.3 is 6.09 Å². The smallest absolute Gasteiger partial charge is 0.407 e. The van der Waals surface area contributed by atoms with Gasteiger partial charge in [0, 0.05) is 66.9 Å². The van der Waals surface area contributed by atoms with Crippen LogP contribution in [0.2, 0.25) is 0 Å². The Morgan fingerprint density at radius 2 is 1.56 bits per heavy atom. The fourth-order valence-corrected chi connectivity index (χ4v) is 9.52. The molecule has 3 atom stereocenters. The van der Waals surface area contributed by atoms with E-state index in [0.717, 1.165) is 59.6 Å². The van der Waals surface area contributed by atoms with Gasteiger partial charge in [0.2, 0.25) is 5.69 Å². The number of ether oxygens (including phenoxy) is 1. The summed E-state index contributed by atoms with van der Waals surface area (Å²) in [6.45, 7) is 12.1. The van der Waals surface area contributed by atoms with Crippen LogP contribution in [0, 0.1) is 29.6 Å². The fraction of sp³-hybridized carbons (Fsp3) is 0.463. The van der Waals surface area contributed by atoms with Gasteiger partial charge in [-0.1, -0.05) is 32.1 Å². The molecule has 6 rings (SSSR count). The number of carbonyl (C=O) groups excluding carboxylic acids is 1. The van der Waals surface area contributed by atoms with Crippen LogP contribution in [-0.2, 0) is 35.8 Å².